The van der Waals surface area contributed by atoms with E-state index in [1.54, 1.807) is 12.1 Å². The van der Waals surface area contributed by atoms with Crippen LogP contribution < -0.4 is 10.5 Å². The number of hydrogen-bond donors (Lipinski definition) is 1. The second-order valence-corrected chi connectivity index (χ2v) is 7.01. The number of primary amides is 1. The number of ether oxygens (including phenoxy) is 1. The lowest BCUT2D eigenvalue weighted by atomic mass is 9.95. The first kappa shape index (κ1) is 16.6. The summed E-state index contributed by atoms with van der Waals surface area (Å²) in [6.45, 7) is 0. The van der Waals surface area contributed by atoms with Crippen LogP contribution >= 0.6 is 0 Å². The van der Waals surface area contributed by atoms with Gasteiger partial charge in [-0.1, -0.05) is 60.7 Å². The van der Waals surface area contributed by atoms with Crippen molar-refractivity contribution in [2.75, 3.05) is 0 Å². The molecule has 0 aliphatic carbocycles. The van der Waals surface area contributed by atoms with Gasteiger partial charge < -0.3 is 10.5 Å². The molecule has 5 heteroatoms. The van der Waals surface area contributed by atoms with E-state index in [1.807, 2.05) is 48.5 Å². The van der Waals surface area contributed by atoms with Gasteiger partial charge in [0, 0.05) is 23.1 Å². The van der Waals surface area contributed by atoms with Gasteiger partial charge in [-0.3, -0.25) is 4.79 Å². The van der Waals surface area contributed by atoms with Crippen LogP contribution in [0.15, 0.2) is 84.0 Å². The number of nitrogens with two attached hydrogens (primary N) is 1. The van der Waals surface area contributed by atoms with Crippen molar-refractivity contribution in [2.24, 2.45) is 10.8 Å². The van der Waals surface area contributed by atoms with E-state index >= 15 is 0 Å². The Kier molecular flexibility index (Phi) is 3.86. The second-order valence-electron chi connectivity index (χ2n) is 7.01. The van der Waals surface area contributed by atoms with Crippen LogP contribution in [0.5, 0.6) is 5.75 Å². The Morgan fingerprint density at radius 3 is 2.43 bits per heavy atom. The van der Waals surface area contributed by atoms with Gasteiger partial charge in [-0.25, -0.2) is 5.01 Å². The van der Waals surface area contributed by atoms with Gasteiger partial charge >= 0.3 is 0 Å². The van der Waals surface area contributed by atoms with Crippen molar-refractivity contribution in [3.05, 3.63) is 101 Å². The highest BCUT2D eigenvalue weighted by molar-refractivity contribution is 6.03. The summed E-state index contributed by atoms with van der Waals surface area (Å²) in [5.74, 6) is 0.474. The Hall–Kier alpha value is -3.60. The van der Waals surface area contributed by atoms with Gasteiger partial charge in [0.05, 0.1) is 11.8 Å². The Balaban J connectivity index is 1.55. The summed E-state index contributed by atoms with van der Waals surface area (Å²) >= 11 is 0. The zero-order chi connectivity index (χ0) is 19.1. The predicted molar refractivity (Wildman–Crippen MR) is 107 cm³/mol. The molecule has 0 saturated carbocycles. The zero-order valence-electron chi connectivity index (χ0n) is 15.2. The first-order chi connectivity index (χ1) is 13.7. The summed E-state index contributed by atoms with van der Waals surface area (Å²) in [4.78, 5) is 11.3. The number of carbonyl (C=O) groups excluding carboxylic acids is 1. The molecule has 5 nitrogen and oxygen atoms in total. The maximum absolute atomic E-state index is 11.3. The topological polar surface area (TPSA) is 67.9 Å². The van der Waals surface area contributed by atoms with E-state index in [9.17, 15) is 4.79 Å². The Morgan fingerprint density at radius 2 is 1.68 bits per heavy atom. The summed E-state index contributed by atoms with van der Waals surface area (Å²) in [5.41, 5.74) is 10.0. The van der Waals surface area contributed by atoms with Crippen LogP contribution in [-0.2, 0) is 0 Å². The van der Waals surface area contributed by atoms with Crippen LogP contribution in [0.4, 0.5) is 0 Å². The van der Waals surface area contributed by atoms with Crippen LogP contribution in [0, 0.1) is 0 Å². The lowest BCUT2D eigenvalue weighted by molar-refractivity contribution is -0.0190. The van der Waals surface area contributed by atoms with E-state index in [4.69, 9.17) is 15.6 Å². The van der Waals surface area contributed by atoms with Gasteiger partial charge in [0.15, 0.2) is 0 Å². The molecule has 0 bridgehead atoms. The molecule has 2 atom stereocenters. The van der Waals surface area contributed by atoms with Crippen molar-refractivity contribution in [1.29, 1.82) is 0 Å². The third-order valence-electron chi connectivity index (χ3n) is 5.29. The molecular weight excluding hydrogens is 350 g/mol. The molecule has 3 aromatic carbocycles. The van der Waals surface area contributed by atoms with Gasteiger partial charge in [-0.2, -0.15) is 5.10 Å². The molecular formula is C23H19N3O2. The highest BCUT2D eigenvalue weighted by atomic mass is 16.5. The largest absolute Gasteiger partial charge is 0.464 e. The summed E-state index contributed by atoms with van der Waals surface area (Å²) in [7, 11) is 0. The molecule has 2 N–H and O–H groups in total. The average Bonchev–Trinajstić information content (AvgIpc) is 3.19. The van der Waals surface area contributed by atoms with Gasteiger partial charge in [0.1, 0.15) is 5.75 Å². The summed E-state index contributed by atoms with van der Waals surface area (Å²) in [6, 6.07) is 25.7. The van der Waals surface area contributed by atoms with E-state index in [-0.39, 0.29) is 12.3 Å². The Bertz CT molecular complexity index is 1060. The first-order valence-electron chi connectivity index (χ1n) is 9.27. The maximum atomic E-state index is 11.3. The normalized spacial score (nSPS) is 20.0. The van der Waals surface area contributed by atoms with Crippen molar-refractivity contribution in [3.8, 4) is 5.75 Å². The number of nitrogens with zero attached hydrogens (tertiary/aromatic N) is 2. The van der Waals surface area contributed by atoms with Crippen LogP contribution in [0.25, 0.3) is 0 Å². The minimum absolute atomic E-state index is 0.112. The number of rotatable bonds is 3. The molecule has 0 radical (unpaired) electrons. The van der Waals surface area contributed by atoms with E-state index in [2.05, 4.69) is 23.2 Å². The summed E-state index contributed by atoms with van der Waals surface area (Å²) in [5, 5.41) is 6.97. The maximum Gasteiger partial charge on any atom is 0.248 e. The van der Waals surface area contributed by atoms with Crippen molar-refractivity contribution < 1.29 is 9.53 Å². The molecule has 3 aromatic rings. The Labute approximate surface area is 163 Å². The lowest BCUT2D eigenvalue weighted by Gasteiger charge is -2.38. The molecule has 0 fully saturated rings. The van der Waals surface area contributed by atoms with E-state index in [1.165, 1.54) is 0 Å². The highest BCUT2D eigenvalue weighted by Gasteiger charge is 2.40. The van der Waals surface area contributed by atoms with Crippen molar-refractivity contribution >= 4 is 11.6 Å². The number of fused-ring (bicyclic) bond motifs is 3. The highest BCUT2D eigenvalue weighted by Crippen LogP contribution is 2.47. The van der Waals surface area contributed by atoms with Gasteiger partial charge in [0.2, 0.25) is 12.1 Å². The van der Waals surface area contributed by atoms with Crippen LogP contribution in [0.3, 0.4) is 0 Å². The third kappa shape index (κ3) is 2.72. The molecule has 0 aromatic heterocycles. The fraction of sp³-hybridized carbons (Fsp3) is 0.130. The average molecular weight is 369 g/mol. The molecule has 138 valence electrons. The molecule has 1 amide bonds. The van der Waals surface area contributed by atoms with Crippen LogP contribution in [-0.4, -0.2) is 16.6 Å². The fourth-order valence-corrected chi connectivity index (χ4v) is 3.87. The van der Waals surface area contributed by atoms with Gasteiger partial charge in [-0.15, -0.1) is 0 Å². The SMILES string of the molecule is NC(=O)c1ccc(C2=NN3C(C2)c2ccccc2OC3c2ccccc2)cc1. The van der Waals surface area contributed by atoms with E-state index in [0.29, 0.717) is 5.56 Å². The van der Waals surface area contributed by atoms with Crippen LogP contribution in [0.2, 0.25) is 0 Å². The van der Waals surface area contributed by atoms with Crippen molar-refractivity contribution in [2.45, 2.75) is 18.7 Å². The second kappa shape index (κ2) is 6.53. The minimum Gasteiger partial charge on any atom is -0.464 e. The number of benzene rings is 3. The van der Waals surface area contributed by atoms with Crippen molar-refractivity contribution in [3.63, 3.8) is 0 Å². The number of carbonyl (C=O) groups is 1. The summed E-state index contributed by atoms with van der Waals surface area (Å²) in [6.07, 6.45) is 0.503. The fourth-order valence-electron chi connectivity index (χ4n) is 3.87. The quantitative estimate of drug-likeness (QED) is 0.758. The Morgan fingerprint density at radius 1 is 0.964 bits per heavy atom. The minimum atomic E-state index is -0.427. The number of hydrogen-bond acceptors (Lipinski definition) is 4. The lowest BCUT2D eigenvalue weighted by Crippen LogP contribution is -2.33. The molecule has 0 spiro atoms. The van der Waals surface area contributed by atoms with Crippen LogP contribution in [0.1, 0.15) is 45.7 Å². The summed E-state index contributed by atoms with van der Waals surface area (Å²) < 4.78 is 6.32. The zero-order valence-corrected chi connectivity index (χ0v) is 15.2. The van der Waals surface area contributed by atoms with Gasteiger partial charge in [-0.05, 0) is 23.8 Å². The smallest absolute Gasteiger partial charge is 0.248 e. The third-order valence-corrected chi connectivity index (χ3v) is 5.29. The van der Waals surface area contributed by atoms with E-state index < -0.39 is 5.91 Å². The molecule has 0 saturated heterocycles. The van der Waals surface area contributed by atoms with Gasteiger partial charge in [0.25, 0.3) is 0 Å². The number of amides is 1. The molecule has 2 aliphatic heterocycles. The molecule has 2 aliphatic rings. The number of para-hydroxylation sites is 1. The molecule has 2 unspecified atom stereocenters. The van der Waals surface area contributed by atoms with Crippen molar-refractivity contribution in [1.82, 2.24) is 5.01 Å². The monoisotopic (exact) mass is 369 g/mol. The standard InChI is InChI=1S/C23H19N3O2/c24-22(27)16-12-10-15(11-13-16)19-14-20-18-8-4-5-9-21(18)28-23(26(20)25-19)17-6-2-1-3-7-17/h1-13,20,23H,14H2,(H2,24,27). The predicted octanol–water partition coefficient (Wildman–Crippen LogP) is 4.03. The first-order valence-corrected chi connectivity index (χ1v) is 9.27. The van der Waals surface area contributed by atoms with E-state index in [0.717, 1.165) is 34.6 Å². The molecule has 28 heavy (non-hydrogen) atoms. The molecule has 5 rings (SSSR count). The number of hydrazone groups is 1. The molecule has 2 heterocycles.